The van der Waals surface area contributed by atoms with Gasteiger partial charge in [-0.1, -0.05) is 19.1 Å². The van der Waals surface area contributed by atoms with Crippen LogP contribution in [0.1, 0.15) is 31.7 Å². The van der Waals surface area contributed by atoms with Gasteiger partial charge in [0.2, 0.25) is 5.91 Å². The summed E-state index contributed by atoms with van der Waals surface area (Å²) < 4.78 is 0. The Morgan fingerprint density at radius 3 is 2.76 bits per heavy atom. The van der Waals surface area contributed by atoms with E-state index in [0.717, 1.165) is 25.1 Å². The summed E-state index contributed by atoms with van der Waals surface area (Å²) in [6.07, 6.45) is 2.65. The lowest BCUT2D eigenvalue weighted by molar-refractivity contribution is -0.123. The maximum absolute atomic E-state index is 12.7. The van der Waals surface area contributed by atoms with E-state index in [9.17, 15) is 9.59 Å². The van der Waals surface area contributed by atoms with Crippen molar-refractivity contribution in [3.8, 4) is 0 Å². The van der Waals surface area contributed by atoms with Gasteiger partial charge in [0, 0.05) is 6.54 Å². The van der Waals surface area contributed by atoms with E-state index >= 15 is 0 Å². The summed E-state index contributed by atoms with van der Waals surface area (Å²) in [6, 6.07) is 7.33. The zero-order valence-corrected chi connectivity index (χ0v) is 12.7. The van der Waals surface area contributed by atoms with Gasteiger partial charge in [-0.15, -0.1) is 0 Å². The Morgan fingerprint density at radius 1 is 1.24 bits per heavy atom. The summed E-state index contributed by atoms with van der Waals surface area (Å²) in [4.78, 5) is 28.6. The molecule has 1 aromatic carbocycles. The molecule has 2 saturated heterocycles. The predicted octanol–water partition coefficient (Wildman–Crippen LogP) is 2.36. The van der Waals surface area contributed by atoms with Gasteiger partial charge in [0.25, 0.3) is 5.91 Å². The number of likely N-dealkylation sites (tertiary alicyclic amines) is 1. The number of hydrogen-bond donors (Lipinski definition) is 0. The van der Waals surface area contributed by atoms with E-state index in [1.807, 2.05) is 31.2 Å². The zero-order valence-electron chi connectivity index (χ0n) is 12.7. The highest BCUT2D eigenvalue weighted by Gasteiger charge is 2.43. The van der Waals surface area contributed by atoms with Crippen molar-refractivity contribution in [2.45, 2.75) is 39.2 Å². The van der Waals surface area contributed by atoms with Crippen LogP contribution >= 0.6 is 0 Å². The fraction of sp³-hybridized carbons (Fsp3) is 0.529. The predicted molar refractivity (Wildman–Crippen MR) is 82.0 cm³/mol. The number of benzene rings is 1. The summed E-state index contributed by atoms with van der Waals surface area (Å²) in [6.45, 7) is 6.03. The van der Waals surface area contributed by atoms with Gasteiger partial charge in [0.05, 0.1) is 18.2 Å². The number of carbonyl (C=O) groups is 2. The minimum atomic E-state index is -0.263. The molecule has 2 fully saturated rings. The van der Waals surface area contributed by atoms with E-state index in [2.05, 4.69) is 11.8 Å². The first kappa shape index (κ1) is 14.3. The quantitative estimate of drug-likeness (QED) is 0.784. The molecule has 2 atom stereocenters. The van der Waals surface area contributed by atoms with Crippen molar-refractivity contribution >= 4 is 17.5 Å². The lowest BCUT2D eigenvalue weighted by Gasteiger charge is -2.34. The second-order valence-corrected chi connectivity index (χ2v) is 6.37. The van der Waals surface area contributed by atoms with Crippen LogP contribution in [0.2, 0.25) is 0 Å². The first-order valence-corrected chi connectivity index (χ1v) is 7.74. The standard InChI is InChI=1S/C17H22N2O2/c1-12-5-3-7-14(9-12)19-16(20)10-15(17(19)21)18-8-4-6-13(2)11-18/h3,5,7,9,13,15H,4,6,8,10-11H2,1-2H3. The molecule has 0 spiro atoms. The van der Waals surface area contributed by atoms with E-state index in [-0.39, 0.29) is 17.9 Å². The monoisotopic (exact) mass is 286 g/mol. The number of imide groups is 1. The Morgan fingerprint density at radius 2 is 2.05 bits per heavy atom. The molecule has 2 aliphatic heterocycles. The molecule has 2 amide bonds. The second-order valence-electron chi connectivity index (χ2n) is 6.37. The molecule has 2 unspecified atom stereocenters. The molecule has 0 aromatic heterocycles. The van der Waals surface area contributed by atoms with Gasteiger partial charge in [-0.2, -0.15) is 0 Å². The van der Waals surface area contributed by atoms with Gasteiger partial charge >= 0.3 is 0 Å². The average molecular weight is 286 g/mol. The van der Waals surface area contributed by atoms with Gasteiger partial charge < -0.3 is 0 Å². The summed E-state index contributed by atoms with van der Waals surface area (Å²) in [5.41, 5.74) is 1.76. The number of piperidine rings is 1. The van der Waals surface area contributed by atoms with Crippen molar-refractivity contribution in [1.29, 1.82) is 0 Å². The lowest BCUT2D eigenvalue weighted by atomic mass is 9.98. The van der Waals surface area contributed by atoms with Crippen molar-refractivity contribution in [2.75, 3.05) is 18.0 Å². The van der Waals surface area contributed by atoms with Gasteiger partial charge in [-0.25, -0.2) is 4.90 Å². The first-order valence-electron chi connectivity index (χ1n) is 7.74. The first-order chi connectivity index (χ1) is 10.1. The molecule has 0 radical (unpaired) electrons. The largest absolute Gasteiger partial charge is 0.291 e. The number of nitrogens with zero attached hydrogens (tertiary/aromatic N) is 2. The van der Waals surface area contributed by atoms with Gasteiger partial charge in [-0.3, -0.25) is 14.5 Å². The highest BCUT2D eigenvalue weighted by atomic mass is 16.2. The van der Waals surface area contributed by atoms with Crippen LogP contribution in [0.15, 0.2) is 24.3 Å². The van der Waals surface area contributed by atoms with E-state index in [1.54, 1.807) is 0 Å². The van der Waals surface area contributed by atoms with Crippen LogP contribution in [0.3, 0.4) is 0 Å². The van der Waals surface area contributed by atoms with Gasteiger partial charge in [0.15, 0.2) is 0 Å². The Balaban J connectivity index is 1.82. The average Bonchev–Trinajstić information content (AvgIpc) is 2.74. The summed E-state index contributed by atoms with van der Waals surface area (Å²) in [5.74, 6) is 0.475. The molecule has 2 aliphatic rings. The zero-order chi connectivity index (χ0) is 15.0. The van der Waals surface area contributed by atoms with Crippen LogP contribution in [0, 0.1) is 12.8 Å². The second kappa shape index (κ2) is 5.60. The molecule has 4 nitrogen and oxygen atoms in total. The number of amides is 2. The third-order valence-electron chi connectivity index (χ3n) is 4.51. The SMILES string of the molecule is Cc1cccc(N2C(=O)CC(N3CCCC(C)C3)C2=O)c1. The molecule has 1 aromatic rings. The van der Waals surface area contributed by atoms with Crippen molar-refractivity contribution in [3.05, 3.63) is 29.8 Å². The third-order valence-corrected chi connectivity index (χ3v) is 4.51. The molecular weight excluding hydrogens is 264 g/mol. The van der Waals surface area contributed by atoms with Crippen molar-refractivity contribution in [3.63, 3.8) is 0 Å². The van der Waals surface area contributed by atoms with Gasteiger partial charge in [0.1, 0.15) is 0 Å². The fourth-order valence-electron chi connectivity index (χ4n) is 3.45. The van der Waals surface area contributed by atoms with Crippen LogP contribution in [-0.4, -0.2) is 35.8 Å². The minimum absolute atomic E-state index is 0.0558. The van der Waals surface area contributed by atoms with E-state index in [0.29, 0.717) is 18.0 Å². The van der Waals surface area contributed by atoms with E-state index in [4.69, 9.17) is 0 Å². The van der Waals surface area contributed by atoms with Crippen LogP contribution in [0.5, 0.6) is 0 Å². The summed E-state index contributed by atoms with van der Waals surface area (Å²) >= 11 is 0. The normalized spacial score (nSPS) is 27.4. The summed E-state index contributed by atoms with van der Waals surface area (Å²) in [7, 11) is 0. The molecule has 3 rings (SSSR count). The molecular formula is C17H22N2O2. The Kier molecular flexibility index (Phi) is 3.81. The fourth-order valence-corrected chi connectivity index (χ4v) is 3.45. The molecule has 112 valence electrons. The molecule has 2 heterocycles. The Labute approximate surface area is 125 Å². The minimum Gasteiger partial charge on any atom is -0.291 e. The van der Waals surface area contributed by atoms with E-state index in [1.165, 1.54) is 11.3 Å². The smallest absolute Gasteiger partial charge is 0.251 e. The molecule has 4 heteroatoms. The maximum atomic E-state index is 12.7. The molecule has 0 N–H and O–H groups in total. The number of hydrogen-bond acceptors (Lipinski definition) is 3. The number of anilines is 1. The third kappa shape index (κ3) is 2.72. The number of aryl methyl sites for hydroxylation is 1. The molecule has 21 heavy (non-hydrogen) atoms. The highest BCUT2D eigenvalue weighted by Crippen LogP contribution is 2.28. The highest BCUT2D eigenvalue weighted by molar-refractivity contribution is 6.22. The number of carbonyl (C=O) groups excluding carboxylic acids is 2. The van der Waals surface area contributed by atoms with Crippen LogP contribution in [-0.2, 0) is 9.59 Å². The van der Waals surface area contributed by atoms with E-state index < -0.39 is 0 Å². The van der Waals surface area contributed by atoms with Crippen LogP contribution in [0.25, 0.3) is 0 Å². The molecule has 0 bridgehead atoms. The number of rotatable bonds is 2. The molecule has 0 saturated carbocycles. The van der Waals surface area contributed by atoms with Gasteiger partial charge in [-0.05, 0) is 49.9 Å². The Bertz CT molecular complexity index is 570. The lowest BCUT2D eigenvalue weighted by Crippen LogP contribution is -2.46. The summed E-state index contributed by atoms with van der Waals surface area (Å²) in [5, 5.41) is 0. The molecule has 0 aliphatic carbocycles. The maximum Gasteiger partial charge on any atom is 0.251 e. The van der Waals surface area contributed by atoms with Crippen LogP contribution < -0.4 is 4.90 Å². The van der Waals surface area contributed by atoms with Crippen molar-refractivity contribution < 1.29 is 9.59 Å². The topological polar surface area (TPSA) is 40.6 Å². The van der Waals surface area contributed by atoms with Crippen molar-refractivity contribution in [2.24, 2.45) is 5.92 Å². The van der Waals surface area contributed by atoms with Crippen molar-refractivity contribution in [1.82, 2.24) is 4.90 Å². The Hall–Kier alpha value is -1.68. The van der Waals surface area contributed by atoms with Crippen LogP contribution in [0.4, 0.5) is 5.69 Å².